The van der Waals surface area contributed by atoms with Gasteiger partial charge in [0.05, 0.1) is 5.56 Å². The molecule has 2 aromatic carbocycles. The highest BCUT2D eigenvalue weighted by Gasteiger charge is 2.41. The highest BCUT2D eigenvalue weighted by atomic mass is 16.5. The SMILES string of the molecule is CC(=O)c1c(C)oc2c1c1c(c3ccccc32)OCN(C2CC(C)(C)NC(C)(C)C2)C1. The summed E-state index contributed by atoms with van der Waals surface area (Å²) in [5.41, 5.74) is 2.68. The van der Waals surface area contributed by atoms with Crippen molar-refractivity contribution in [3.05, 3.63) is 41.2 Å². The molecule has 1 saturated heterocycles. The molecule has 164 valence electrons. The zero-order valence-electron chi connectivity index (χ0n) is 19.4. The van der Waals surface area contributed by atoms with Crippen LogP contribution in [0.1, 0.15) is 69.1 Å². The van der Waals surface area contributed by atoms with E-state index in [2.05, 4.69) is 50.0 Å². The number of hydrogen-bond acceptors (Lipinski definition) is 5. The summed E-state index contributed by atoms with van der Waals surface area (Å²) in [7, 11) is 0. The second-order valence-corrected chi connectivity index (χ2v) is 10.6. The van der Waals surface area contributed by atoms with Crippen molar-refractivity contribution >= 4 is 27.5 Å². The molecule has 1 N–H and O–H groups in total. The van der Waals surface area contributed by atoms with Crippen LogP contribution < -0.4 is 10.1 Å². The Morgan fingerprint density at radius 2 is 1.74 bits per heavy atom. The first-order chi connectivity index (χ1) is 14.6. The van der Waals surface area contributed by atoms with E-state index in [4.69, 9.17) is 9.15 Å². The van der Waals surface area contributed by atoms with Crippen LogP contribution in [0.15, 0.2) is 28.7 Å². The number of ether oxygens (including phenoxy) is 1. The number of hydrogen-bond donors (Lipinski definition) is 1. The number of aryl methyl sites for hydroxylation is 1. The predicted molar refractivity (Wildman–Crippen MR) is 124 cm³/mol. The van der Waals surface area contributed by atoms with Crippen LogP contribution in [0.25, 0.3) is 21.7 Å². The Bertz CT molecular complexity index is 1190. The van der Waals surface area contributed by atoms with Crippen molar-refractivity contribution < 1.29 is 13.9 Å². The lowest BCUT2D eigenvalue weighted by atomic mass is 9.79. The van der Waals surface area contributed by atoms with Crippen LogP contribution in [-0.4, -0.2) is 34.5 Å². The number of rotatable bonds is 2. The van der Waals surface area contributed by atoms with E-state index in [0.29, 0.717) is 24.1 Å². The van der Waals surface area contributed by atoms with E-state index in [-0.39, 0.29) is 16.9 Å². The molecule has 1 aromatic heterocycles. The van der Waals surface area contributed by atoms with Crippen molar-refractivity contribution in [1.82, 2.24) is 10.2 Å². The normalized spacial score (nSPS) is 21.2. The number of furan rings is 1. The maximum atomic E-state index is 12.6. The Hall–Kier alpha value is -2.37. The minimum Gasteiger partial charge on any atom is -0.477 e. The highest BCUT2D eigenvalue weighted by molar-refractivity contribution is 6.17. The number of nitrogens with zero attached hydrogens (tertiary/aromatic N) is 1. The van der Waals surface area contributed by atoms with Crippen LogP contribution in [-0.2, 0) is 6.54 Å². The third-order valence-corrected chi connectivity index (χ3v) is 6.85. The second-order valence-electron chi connectivity index (χ2n) is 10.6. The molecule has 5 rings (SSSR count). The molecule has 5 heteroatoms. The Morgan fingerprint density at radius 1 is 1.10 bits per heavy atom. The number of carbonyl (C=O) groups excluding carboxylic acids is 1. The van der Waals surface area contributed by atoms with Gasteiger partial charge < -0.3 is 14.5 Å². The largest absolute Gasteiger partial charge is 0.477 e. The van der Waals surface area contributed by atoms with Crippen LogP contribution in [0.2, 0.25) is 0 Å². The van der Waals surface area contributed by atoms with E-state index in [1.165, 1.54) is 0 Å². The molecule has 0 aliphatic carbocycles. The second kappa shape index (κ2) is 6.81. The Balaban J connectivity index is 1.67. The van der Waals surface area contributed by atoms with Crippen LogP contribution in [0.4, 0.5) is 0 Å². The minimum atomic E-state index is 0.0370. The number of nitrogens with one attached hydrogen (secondary N) is 1. The molecule has 3 aromatic rings. The molecule has 0 saturated carbocycles. The van der Waals surface area contributed by atoms with E-state index >= 15 is 0 Å². The summed E-state index contributed by atoms with van der Waals surface area (Å²) in [6.07, 6.45) is 2.10. The molecule has 0 atom stereocenters. The van der Waals surface area contributed by atoms with Gasteiger partial charge in [0.1, 0.15) is 23.8 Å². The predicted octanol–water partition coefficient (Wildman–Crippen LogP) is 5.56. The fraction of sp³-hybridized carbons (Fsp3) is 0.500. The monoisotopic (exact) mass is 420 g/mol. The lowest BCUT2D eigenvalue weighted by molar-refractivity contribution is 0.00418. The number of carbonyl (C=O) groups is 1. The van der Waals surface area contributed by atoms with Crippen molar-refractivity contribution in [1.29, 1.82) is 0 Å². The van der Waals surface area contributed by atoms with Gasteiger partial charge in [0, 0.05) is 45.4 Å². The summed E-state index contributed by atoms with van der Waals surface area (Å²) >= 11 is 0. The molecule has 0 unspecified atom stereocenters. The van der Waals surface area contributed by atoms with Crippen LogP contribution >= 0.6 is 0 Å². The van der Waals surface area contributed by atoms with E-state index in [1.54, 1.807) is 6.92 Å². The van der Waals surface area contributed by atoms with Crippen molar-refractivity contribution in [3.63, 3.8) is 0 Å². The average molecular weight is 421 g/mol. The standard InChI is InChI=1S/C26H32N2O3/c1-15(29)21-16(2)31-24-19-10-8-7-9-18(19)23-20(22(21)24)13-28(14-30-23)17-11-25(3,4)27-26(5,6)12-17/h7-10,17,27H,11-14H2,1-6H3. The average Bonchev–Trinajstić information content (AvgIpc) is 3.03. The van der Waals surface area contributed by atoms with Gasteiger partial charge in [0.2, 0.25) is 0 Å². The molecular formula is C26H32N2O3. The van der Waals surface area contributed by atoms with Gasteiger partial charge in [0.25, 0.3) is 0 Å². The summed E-state index contributed by atoms with van der Waals surface area (Å²) in [6, 6.07) is 8.58. The molecule has 31 heavy (non-hydrogen) atoms. The molecule has 0 amide bonds. The Kier molecular flexibility index (Phi) is 4.51. The van der Waals surface area contributed by atoms with Crippen LogP contribution in [0.5, 0.6) is 5.75 Å². The molecule has 0 spiro atoms. The van der Waals surface area contributed by atoms with Gasteiger partial charge in [-0.1, -0.05) is 24.3 Å². The van der Waals surface area contributed by atoms with Crippen molar-refractivity contribution in [2.24, 2.45) is 0 Å². The smallest absolute Gasteiger partial charge is 0.163 e. The molecule has 0 bridgehead atoms. The number of piperidine rings is 1. The maximum Gasteiger partial charge on any atom is 0.163 e. The zero-order valence-corrected chi connectivity index (χ0v) is 19.4. The maximum absolute atomic E-state index is 12.6. The van der Waals surface area contributed by atoms with Gasteiger partial charge in [0.15, 0.2) is 5.78 Å². The number of Topliss-reactive ketones (excluding diaryl/α,β-unsaturated/α-hetero) is 1. The van der Waals surface area contributed by atoms with Gasteiger partial charge >= 0.3 is 0 Å². The summed E-state index contributed by atoms with van der Waals surface area (Å²) in [5.74, 6) is 1.62. The van der Waals surface area contributed by atoms with E-state index < -0.39 is 0 Å². The minimum absolute atomic E-state index is 0.0370. The van der Waals surface area contributed by atoms with Gasteiger partial charge in [-0.25, -0.2) is 0 Å². The molecule has 5 nitrogen and oxygen atoms in total. The third-order valence-electron chi connectivity index (χ3n) is 6.85. The highest BCUT2D eigenvalue weighted by Crippen LogP contribution is 2.45. The lowest BCUT2D eigenvalue weighted by Gasteiger charge is -2.50. The topological polar surface area (TPSA) is 54.7 Å². The van der Waals surface area contributed by atoms with Crippen molar-refractivity contribution in [3.8, 4) is 5.75 Å². The Labute approximate surface area is 183 Å². The summed E-state index contributed by atoms with van der Waals surface area (Å²) in [6.45, 7) is 13.9. The van der Waals surface area contributed by atoms with E-state index in [9.17, 15) is 4.79 Å². The van der Waals surface area contributed by atoms with Crippen LogP contribution in [0.3, 0.4) is 0 Å². The summed E-state index contributed by atoms with van der Waals surface area (Å²) in [5, 5.41) is 6.76. The first-order valence-electron chi connectivity index (χ1n) is 11.2. The molecular weight excluding hydrogens is 388 g/mol. The fourth-order valence-corrected chi connectivity index (χ4v) is 6.07. The number of ketones is 1. The molecule has 1 fully saturated rings. The number of fused-ring (bicyclic) bond motifs is 6. The first kappa shape index (κ1) is 20.5. The van der Waals surface area contributed by atoms with Crippen molar-refractivity contribution in [2.75, 3.05) is 6.73 Å². The third kappa shape index (κ3) is 3.35. The quantitative estimate of drug-likeness (QED) is 0.550. The van der Waals surface area contributed by atoms with Crippen molar-refractivity contribution in [2.45, 2.75) is 78.0 Å². The van der Waals surface area contributed by atoms with Gasteiger partial charge in [-0.15, -0.1) is 0 Å². The molecule has 0 radical (unpaired) electrons. The molecule has 2 aliphatic rings. The van der Waals surface area contributed by atoms with Gasteiger partial charge in [-0.05, 0) is 54.4 Å². The molecule has 2 aliphatic heterocycles. The lowest BCUT2D eigenvalue weighted by Crippen LogP contribution is -2.62. The Morgan fingerprint density at radius 3 is 2.39 bits per heavy atom. The van der Waals surface area contributed by atoms with Crippen LogP contribution in [0, 0.1) is 6.92 Å². The molecule has 3 heterocycles. The van der Waals surface area contributed by atoms with E-state index in [0.717, 1.165) is 52.4 Å². The van der Waals surface area contributed by atoms with Gasteiger partial charge in [-0.3, -0.25) is 9.69 Å². The summed E-state index contributed by atoms with van der Waals surface area (Å²) in [4.78, 5) is 15.0. The number of benzene rings is 2. The zero-order chi connectivity index (χ0) is 22.1. The fourth-order valence-electron chi connectivity index (χ4n) is 6.07. The van der Waals surface area contributed by atoms with E-state index in [1.807, 2.05) is 19.1 Å². The first-order valence-corrected chi connectivity index (χ1v) is 11.2. The summed E-state index contributed by atoms with van der Waals surface area (Å²) < 4.78 is 12.6. The van der Waals surface area contributed by atoms with Gasteiger partial charge in [-0.2, -0.15) is 0 Å².